The number of sulfonamides is 1. The first-order valence-electron chi connectivity index (χ1n) is 12.4. The quantitative estimate of drug-likeness (QED) is 0.109. The zero-order valence-corrected chi connectivity index (χ0v) is 25.0. The van der Waals surface area contributed by atoms with Gasteiger partial charge < -0.3 is 20.9 Å². The van der Waals surface area contributed by atoms with E-state index in [2.05, 4.69) is 19.7 Å². The van der Waals surface area contributed by atoms with Crippen molar-refractivity contribution >= 4 is 21.9 Å². The molecule has 0 rings (SSSR count). The Morgan fingerprint density at radius 3 is 2.15 bits per heavy atom. The lowest BCUT2D eigenvalue weighted by molar-refractivity contribution is -0.141. The first-order valence-corrected chi connectivity index (χ1v) is 14.3. The second-order valence-corrected chi connectivity index (χ2v) is 11.1. The molecule has 0 aromatic rings. The number of carbonyl (C=O) groups excluding carboxylic acids is 2. The molecular formula is C30H43N3O6S. The molecule has 0 heterocycles. The summed E-state index contributed by atoms with van der Waals surface area (Å²) in [7, 11) is -2.45. The normalized spacial score (nSPS) is 15.1. The molecule has 0 aliphatic heterocycles. The Kier molecular flexibility index (Phi) is 15.9. The summed E-state index contributed by atoms with van der Waals surface area (Å²) in [5.41, 5.74) is 11.8. The predicted octanol–water partition coefficient (Wildman–Crippen LogP) is 4.12. The molecule has 0 saturated heterocycles. The summed E-state index contributed by atoms with van der Waals surface area (Å²) in [4.78, 5) is 24.4. The molecule has 1 amide bonds. The third-order valence-corrected chi connectivity index (χ3v) is 6.79. The van der Waals surface area contributed by atoms with Crippen LogP contribution in [-0.4, -0.2) is 56.7 Å². The van der Waals surface area contributed by atoms with Crippen LogP contribution in [0, 0.1) is 0 Å². The van der Waals surface area contributed by atoms with Crippen LogP contribution in [0.5, 0.6) is 0 Å². The van der Waals surface area contributed by atoms with Crippen LogP contribution in [-0.2, 0) is 29.1 Å². The Morgan fingerprint density at radius 1 is 1.02 bits per heavy atom. The Bertz CT molecular complexity index is 1240. The van der Waals surface area contributed by atoms with Crippen LogP contribution >= 0.6 is 0 Å². The highest BCUT2D eigenvalue weighted by atomic mass is 32.2. The maximum atomic E-state index is 12.9. The molecule has 0 radical (unpaired) electrons. The van der Waals surface area contributed by atoms with Crippen LogP contribution in [0.1, 0.15) is 33.6 Å². The Labute approximate surface area is 239 Å². The van der Waals surface area contributed by atoms with E-state index < -0.39 is 27.4 Å². The topological polar surface area (TPSA) is 142 Å². The summed E-state index contributed by atoms with van der Waals surface area (Å²) in [5.74, 6) is -0.963. The molecule has 0 aromatic heterocycles. The zero-order valence-electron chi connectivity index (χ0n) is 24.2. The van der Waals surface area contributed by atoms with Gasteiger partial charge in [-0.1, -0.05) is 67.8 Å². The van der Waals surface area contributed by atoms with Crippen LogP contribution in [0.3, 0.4) is 0 Å². The summed E-state index contributed by atoms with van der Waals surface area (Å²) < 4.78 is 36.4. The summed E-state index contributed by atoms with van der Waals surface area (Å²) >= 11 is 0. The maximum Gasteiger partial charge on any atom is 0.337 e. The SMILES string of the molecule is C=C/C=C\C=C(/C)OCC(N)(CCC(/C=C\C=C)=C/C)COC(=O)C(=C)/C=C(\C=C(/C)C(N)=O)N(C)S(C)(=O)=O. The van der Waals surface area contributed by atoms with Crippen molar-refractivity contribution < 1.29 is 27.5 Å². The predicted molar refractivity (Wildman–Crippen MR) is 162 cm³/mol. The average molecular weight is 574 g/mol. The van der Waals surface area contributed by atoms with Crippen molar-refractivity contribution in [3.8, 4) is 0 Å². The van der Waals surface area contributed by atoms with E-state index in [1.165, 1.54) is 26.1 Å². The van der Waals surface area contributed by atoms with E-state index in [4.69, 9.17) is 20.9 Å². The third kappa shape index (κ3) is 14.3. The van der Waals surface area contributed by atoms with Crippen LogP contribution in [0.2, 0.25) is 0 Å². The van der Waals surface area contributed by atoms with Crippen LogP contribution in [0.4, 0.5) is 0 Å². The minimum Gasteiger partial charge on any atom is -0.496 e. The number of esters is 1. The number of carbonyl (C=O) groups is 2. The van der Waals surface area contributed by atoms with Gasteiger partial charge in [-0.3, -0.25) is 9.10 Å². The first kappa shape index (κ1) is 36.1. The van der Waals surface area contributed by atoms with E-state index in [1.807, 2.05) is 25.2 Å². The molecule has 0 aliphatic carbocycles. The largest absolute Gasteiger partial charge is 0.496 e. The smallest absolute Gasteiger partial charge is 0.337 e. The molecule has 0 aromatic carbocycles. The molecule has 1 atom stereocenters. The van der Waals surface area contributed by atoms with Gasteiger partial charge in [-0.25, -0.2) is 13.2 Å². The second-order valence-electron chi connectivity index (χ2n) is 9.10. The van der Waals surface area contributed by atoms with Gasteiger partial charge in [0.05, 0.1) is 28.8 Å². The molecule has 0 spiro atoms. The summed E-state index contributed by atoms with van der Waals surface area (Å²) in [6.45, 7) is 16.0. The number of hydrogen-bond donors (Lipinski definition) is 2. The van der Waals surface area contributed by atoms with Gasteiger partial charge >= 0.3 is 5.97 Å². The van der Waals surface area contributed by atoms with Gasteiger partial charge in [-0.05, 0) is 51.8 Å². The third-order valence-electron chi connectivity index (χ3n) is 5.58. The number of ether oxygens (including phenoxy) is 2. The highest BCUT2D eigenvalue weighted by Crippen LogP contribution is 2.20. The lowest BCUT2D eigenvalue weighted by Gasteiger charge is -2.29. The van der Waals surface area contributed by atoms with E-state index in [1.54, 1.807) is 37.3 Å². The molecule has 9 nitrogen and oxygen atoms in total. The van der Waals surface area contributed by atoms with Gasteiger partial charge in [0, 0.05) is 12.6 Å². The van der Waals surface area contributed by atoms with E-state index in [0.29, 0.717) is 18.6 Å². The first-order chi connectivity index (χ1) is 18.6. The number of rotatable bonds is 18. The lowest BCUT2D eigenvalue weighted by Crippen LogP contribution is -2.49. The Hall–Kier alpha value is -3.89. The highest BCUT2D eigenvalue weighted by molar-refractivity contribution is 7.88. The van der Waals surface area contributed by atoms with E-state index in [-0.39, 0.29) is 30.1 Å². The molecule has 220 valence electrons. The number of nitrogens with zero attached hydrogens (tertiary/aromatic N) is 1. The maximum absolute atomic E-state index is 12.9. The molecule has 0 aliphatic rings. The Morgan fingerprint density at radius 2 is 1.62 bits per heavy atom. The van der Waals surface area contributed by atoms with E-state index in [0.717, 1.165) is 16.1 Å². The molecular weight excluding hydrogens is 530 g/mol. The average Bonchev–Trinajstić information content (AvgIpc) is 2.89. The number of allylic oxidation sites excluding steroid dienone is 11. The number of hydrogen-bond acceptors (Lipinski definition) is 7. The number of primary amides is 1. The molecule has 1 unspecified atom stereocenters. The monoisotopic (exact) mass is 573 g/mol. The standard InChI is InChI=1S/C30H43N3O6S/c1-9-12-14-15-25(6)38-21-30(32,18-17-26(11-3)16-13-10-2)22-39-29(35)24(5)20-27(19-23(4)28(31)34)33(7)40(8,36)37/h9-16,19-20H,1-2,5,17-18,21-22,32H2,3-4,6-8H3,(H2,31,34)/b14-12-,16-13-,23-19+,25-15+,26-11+,27-20+. The van der Waals surface area contributed by atoms with E-state index >= 15 is 0 Å². The number of amides is 1. The van der Waals surface area contributed by atoms with Gasteiger partial charge in [0.25, 0.3) is 0 Å². The Balaban J connectivity index is 5.95. The second kappa shape index (κ2) is 17.6. The minimum atomic E-state index is -3.72. The van der Waals surface area contributed by atoms with Gasteiger partial charge in [0.2, 0.25) is 15.9 Å². The molecule has 10 heteroatoms. The molecule has 40 heavy (non-hydrogen) atoms. The van der Waals surface area contributed by atoms with Crippen molar-refractivity contribution in [1.29, 1.82) is 0 Å². The van der Waals surface area contributed by atoms with Gasteiger partial charge in [0.1, 0.15) is 13.2 Å². The van der Waals surface area contributed by atoms with Crippen LogP contribution < -0.4 is 11.5 Å². The van der Waals surface area contributed by atoms with E-state index in [9.17, 15) is 18.0 Å². The molecule has 4 N–H and O–H groups in total. The van der Waals surface area contributed by atoms with Crippen molar-refractivity contribution in [2.24, 2.45) is 11.5 Å². The summed E-state index contributed by atoms with van der Waals surface area (Å²) in [6, 6.07) is 0. The summed E-state index contributed by atoms with van der Waals surface area (Å²) in [5, 5.41) is 0. The molecule has 0 saturated carbocycles. The fraction of sp³-hybridized carbons (Fsp3) is 0.333. The fourth-order valence-electron chi connectivity index (χ4n) is 2.92. The lowest BCUT2D eigenvalue weighted by atomic mass is 9.93. The van der Waals surface area contributed by atoms with Crippen LogP contribution in [0.25, 0.3) is 0 Å². The number of nitrogens with two attached hydrogens (primary N) is 2. The van der Waals surface area contributed by atoms with Crippen molar-refractivity contribution in [2.45, 2.75) is 39.2 Å². The molecule has 0 bridgehead atoms. The van der Waals surface area contributed by atoms with Crippen molar-refractivity contribution in [1.82, 2.24) is 4.31 Å². The van der Waals surface area contributed by atoms with Crippen molar-refractivity contribution in [3.63, 3.8) is 0 Å². The summed E-state index contributed by atoms with van der Waals surface area (Å²) in [6.07, 6.45) is 18.7. The minimum absolute atomic E-state index is 0.00293. The van der Waals surface area contributed by atoms with Crippen molar-refractivity contribution in [3.05, 3.63) is 109 Å². The van der Waals surface area contributed by atoms with Gasteiger partial charge in [-0.2, -0.15) is 0 Å². The van der Waals surface area contributed by atoms with Crippen molar-refractivity contribution in [2.75, 3.05) is 26.5 Å². The van der Waals surface area contributed by atoms with Gasteiger partial charge in [-0.15, -0.1) is 0 Å². The highest BCUT2D eigenvalue weighted by Gasteiger charge is 2.29. The van der Waals surface area contributed by atoms with Crippen LogP contribution in [0.15, 0.2) is 109 Å². The van der Waals surface area contributed by atoms with Gasteiger partial charge in [0.15, 0.2) is 0 Å². The fourth-order valence-corrected chi connectivity index (χ4v) is 3.41. The zero-order chi connectivity index (χ0) is 30.9. The molecule has 0 fully saturated rings. The number of likely N-dealkylation sites (N-methyl/N-ethyl adjacent to an activating group) is 1.